The average Bonchev–Trinajstić information content (AvgIpc) is 2.67. The first-order valence-corrected chi connectivity index (χ1v) is 7.23. The molecule has 84 valence electrons. The normalized spacial score (nSPS) is 12.8. The Kier molecular flexibility index (Phi) is 3.93. The van der Waals surface area contributed by atoms with Gasteiger partial charge in [-0.25, -0.2) is 0 Å². The van der Waals surface area contributed by atoms with Gasteiger partial charge < -0.3 is 4.42 Å². The molecule has 1 nitrogen and oxygen atoms in total. The van der Waals surface area contributed by atoms with Crippen LogP contribution in [0.2, 0.25) is 0 Å². The number of alkyl halides is 1. The highest BCUT2D eigenvalue weighted by molar-refractivity contribution is 9.11. The van der Waals surface area contributed by atoms with Crippen LogP contribution in [0.3, 0.4) is 0 Å². The van der Waals surface area contributed by atoms with Crippen molar-refractivity contribution >= 4 is 47.8 Å². The molecule has 0 aliphatic carbocycles. The van der Waals surface area contributed by atoms with E-state index in [9.17, 15) is 0 Å². The van der Waals surface area contributed by atoms with Gasteiger partial charge in [-0.05, 0) is 36.8 Å². The monoisotopic (exact) mass is 406 g/mol. The van der Waals surface area contributed by atoms with Crippen LogP contribution in [0.1, 0.15) is 21.7 Å². The zero-order valence-electron chi connectivity index (χ0n) is 8.51. The van der Waals surface area contributed by atoms with Crippen LogP contribution in [-0.2, 0) is 0 Å². The molecular weight excluding hydrogens is 400 g/mol. The van der Waals surface area contributed by atoms with E-state index in [0.717, 1.165) is 20.3 Å². The number of hydrogen-bond donors (Lipinski definition) is 0. The van der Waals surface area contributed by atoms with Gasteiger partial charge >= 0.3 is 0 Å². The molecule has 0 bridgehead atoms. The molecule has 2 rings (SSSR count). The highest BCUT2D eigenvalue weighted by atomic mass is 79.9. The molecule has 0 N–H and O–H groups in total. The van der Waals surface area contributed by atoms with E-state index in [1.165, 1.54) is 5.56 Å². The number of furan rings is 1. The van der Waals surface area contributed by atoms with Gasteiger partial charge in [0.2, 0.25) is 0 Å². The summed E-state index contributed by atoms with van der Waals surface area (Å²) in [5.74, 6) is 0.939. The molecule has 0 amide bonds. The van der Waals surface area contributed by atoms with Crippen LogP contribution in [0.5, 0.6) is 0 Å². The second kappa shape index (κ2) is 5.07. The highest BCUT2D eigenvalue weighted by Crippen LogP contribution is 2.38. The van der Waals surface area contributed by atoms with Crippen molar-refractivity contribution in [2.45, 2.75) is 11.8 Å². The van der Waals surface area contributed by atoms with Gasteiger partial charge in [0.15, 0.2) is 0 Å². The summed E-state index contributed by atoms with van der Waals surface area (Å²) in [5, 5.41) is 0. The third-order valence-corrected chi connectivity index (χ3v) is 4.61. The molecule has 1 aromatic carbocycles. The number of hydrogen-bond acceptors (Lipinski definition) is 1. The third-order valence-electron chi connectivity index (χ3n) is 2.40. The van der Waals surface area contributed by atoms with E-state index in [0.29, 0.717) is 0 Å². The molecule has 0 saturated carbocycles. The summed E-state index contributed by atoms with van der Waals surface area (Å²) in [6.07, 6.45) is 1.71. The summed E-state index contributed by atoms with van der Waals surface area (Å²) in [6, 6.07) is 8.12. The maximum Gasteiger partial charge on any atom is 0.105 e. The molecule has 16 heavy (non-hydrogen) atoms. The zero-order valence-corrected chi connectivity index (χ0v) is 13.3. The van der Waals surface area contributed by atoms with Crippen molar-refractivity contribution in [3.8, 4) is 0 Å². The molecule has 1 heterocycles. The van der Waals surface area contributed by atoms with E-state index < -0.39 is 0 Å². The van der Waals surface area contributed by atoms with Crippen molar-refractivity contribution in [2.75, 3.05) is 0 Å². The second-order valence-electron chi connectivity index (χ2n) is 3.46. The summed E-state index contributed by atoms with van der Waals surface area (Å²) < 4.78 is 7.47. The van der Waals surface area contributed by atoms with Crippen molar-refractivity contribution in [2.24, 2.45) is 0 Å². The van der Waals surface area contributed by atoms with Crippen LogP contribution < -0.4 is 0 Å². The molecule has 0 aliphatic rings. The van der Waals surface area contributed by atoms with Gasteiger partial charge in [0.1, 0.15) is 5.76 Å². The average molecular weight is 409 g/mol. The summed E-state index contributed by atoms with van der Waals surface area (Å²) in [4.78, 5) is 0.137. The van der Waals surface area contributed by atoms with Gasteiger partial charge in [-0.2, -0.15) is 0 Å². The van der Waals surface area contributed by atoms with E-state index >= 15 is 0 Å². The van der Waals surface area contributed by atoms with E-state index in [4.69, 9.17) is 4.42 Å². The molecule has 0 spiro atoms. The van der Waals surface area contributed by atoms with Gasteiger partial charge in [-0.15, -0.1) is 0 Å². The Labute approximate surface area is 120 Å². The first kappa shape index (κ1) is 12.4. The van der Waals surface area contributed by atoms with Crippen molar-refractivity contribution in [3.05, 3.63) is 56.4 Å². The third kappa shape index (κ3) is 2.44. The van der Waals surface area contributed by atoms with Gasteiger partial charge in [-0.3, -0.25) is 0 Å². The smallest absolute Gasteiger partial charge is 0.105 e. The van der Waals surface area contributed by atoms with Gasteiger partial charge in [0.05, 0.1) is 11.1 Å². The minimum absolute atomic E-state index is 0.137. The fourth-order valence-corrected chi connectivity index (χ4v) is 3.55. The minimum atomic E-state index is 0.137. The van der Waals surface area contributed by atoms with Crippen molar-refractivity contribution < 1.29 is 4.42 Å². The van der Waals surface area contributed by atoms with Crippen LogP contribution in [0, 0.1) is 6.92 Å². The van der Waals surface area contributed by atoms with Crippen LogP contribution in [0.25, 0.3) is 0 Å². The first-order valence-electron chi connectivity index (χ1n) is 4.72. The molecule has 0 radical (unpaired) electrons. The van der Waals surface area contributed by atoms with Gasteiger partial charge in [0.25, 0.3) is 0 Å². The van der Waals surface area contributed by atoms with E-state index in [2.05, 4.69) is 53.9 Å². The van der Waals surface area contributed by atoms with E-state index in [1.807, 2.05) is 25.1 Å². The Morgan fingerprint density at radius 1 is 1.12 bits per heavy atom. The summed E-state index contributed by atoms with van der Waals surface area (Å²) in [6.45, 7) is 1.97. The van der Waals surface area contributed by atoms with Crippen LogP contribution >= 0.6 is 47.8 Å². The standard InChI is InChI=1S/C12H9Br3O/c1-7-9(4-5-16-7)12(15)10-6-8(13)2-3-11(10)14/h2-6,12H,1H3. The Hall–Kier alpha value is -0.0600. The lowest BCUT2D eigenvalue weighted by Gasteiger charge is -2.12. The fourth-order valence-electron chi connectivity index (χ4n) is 1.53. The van der Waals surface area contributed by atoms with E-state index in [-0.39, 0.29) is 4.83 Å². The first-order chi connectivity index (χ1) is 7.59. The Morgan fingerprint density at radius 2 is 1.88 bits per heavy atom. The molecular formula is C12H9Br3O. The lowest BCUT2D eigenvalue weighted by atomic mass is 10.1. The van der Waals surface area contributed by atoms with Gasteiger partial charge in [0, 0.05) is 14.5 Å². The molecule has 0 aliphatic heterocycles. The van der Waals surface area contributed by atoms with E-state index in [1.54, 1.807) is 6.26 Å². The van der Waals surface area contributed by atoms with Crippen molar-refractivity contribution in [1.29, 1.82) is 0 Å². The number of benzene rings is 1. The SMILES string of the molecule is Cc1occc1C(Br)c1cc(Br)ccc1Br. The Balaban J connectivity index is 2.45. The number of halogens is 3. The largest absolute Gasteiger partial charge is 0.469 e. The molecule has 4 heteroatoms. The van der Waals surface area contributed by atoms with Crippen molar-refractivity contribution in [1.82, 2.24) is 0 Å². The molecule has 1 unspecified atom stereocenters. The molecule has 0 saturated heterocycles. The zero-order chi connectivity index (χ0) is 11.7. The Bertz CT molecular complexity index is 505. The summed E-state index contributed by atoms with van der Waals surface area (Å²) in [5.41, 5.74) is 2.33. The van der Waals surface area contributed by atoms with Gasteiger partial charge in [-0.1, -0.05) is 47.8 Å². The fraction of sp³-hybridized carbons (Fsp3) is 0.167. The topological polar surface area (TPSA) is 13.1 Å². The second-order valence-corrected chi connectivity index (χ2v) is 6.15. The molecule has 0 fully saturated rings. The van der Waals surface area contributed by atoms with Crippen LogP contribution in [0.15, 0.2) is 43.9 Å². The predicted molar refractivity (Wildman–Crippen MR) is 76.1 cm³/mol. The minimum Gasteiger partial charge on any atom is -0.469 e. The number of rotatable bonds is 2. The maximum absolute atomic E-state index is 5.32. The van der Waals surface area contributed by atoms with Crippen LogP contribution in [0.4, 0.5) is 0 Å². The van der Waals surface area contributed by atoms with Crippen molar-refractivity contribution in [3.63, 3.8) is 0 Å². The molecule has 1 atom stereocenters. The summed E-state index contributed by atoms with van der Waals surface area (Å²) in [7, 11) is 0. The quantitative estimate of drug-likeness (QED) is 0.590. The van der Waals surface area contributed by atoms with Crippen LogP contribution in [-0.4, -0.2) is 0 Å². The predicted octanol–water partition coefficient (Wildman–Crippen LogP) is 5.60. The maximum atomic E-state index is 5.32. The lowest BCUT2D eigenvalue weighted by Crippen LogP contribution is -1.94. The molecule has 2 aromatic rings. The Morgan fingerprint density at radius 3 is 2.50 bits per heavy atom. The highest BCUT2D eigenvalue weighted by Gasteiger charge is 2.17. The lowest BCUT2D eigenvalue weighted by molar-refractivity contribution is 0.530. The molecule has 1 aromatic heterocycles. The summed E-state index contributed by atoms with van der Waals surface area (Å²) >= 11 is 10.7. The number of aryl methyl sites for hydroxylation is 1.